The fourth-order valence-electron chi connectivity index (χ4n) is 1.85. The summed E-state index contributed by atoms with van der Waals surface area (Å²) in [7, 11) is 0. The highest BCUT2D eigenvalue weighted by Gasteiger charge is 2.13. The molecule has 0 bridgehead atoms. The Morgan fingerprint density at radius 1 is 1.24 bits per heavy atom. The van der Waals surface area contributed by atoms with E-state index in [1.165, 1.54) is 22.7 Å². The van der Waals surface area contributed by atoms with Crippen LogP contribution in [0.2, 0.25) is 8.67 Å². The number of thiazole rings is 1. The number of nitrogens with zero attached hydrogens (tertiary/aromatic N) is 1. The molecule has 3 aromatic rings. The van der Waals surface area contributed by atoms with Gasteiger partial charge in [-0.1, -0.05) is 35.3 Å². The van der Waals surface area contributed by atoms with E-state index in [1.54, 1.807) is 24.3 Å². The van der Waals surface area contributed by atoms with E-state index in [2.05, 4.69) is 4.98 Å². The summed E-state index contributed by atoms with van der Waals surface area (Å²) in [4.78, 5) is 15.8. The Bertz CT molecular complexity index is 826. The molecule has 2 aromatic heterocycles. The molecule has 3 nitrogen and oxygen atoms in total. The Morgan fingerprint density at radius 3 is 2.71 bits per heavy atom. The maximum absolute atomic E-state index is 11.2. The topological polar surface area (TPSA) is 56.0 Å². The first kappa shape index (κ1) is 14.5. The summed E-state index contributed by atoms with van der Waals surface area (Å²) < 4.78 is 1.24. The molecular formula is C14H8Cl2N2OS2. The minimum absolute atomic E-state index is 0.457. The third-order valence-corrected chi connectivity index (χ3v) is 5.21. The Kier molecular flexibility index (Phi) is 3.99. The number of halogens is 2. The van der Waals surface area contributed by atoms with Crippen LogP contribution in [-0.4, -0.2) is 10.9 Å². The van der Waals surface area contributed by atoms with Gasteiger partial charge in [0.2, 0.25) is 5.91 Å². The van der Waals surface area contributed by atoms with Crippen molar-refractivity contribution in [1.29, 1.82) is 0 Å². The molecule has 0 saturated heterocycles. The number of rotatable bonds is 3. The van der Waals surface area contributed by atoms with E-state index in [-0.39, 0.29) is 0 Å². The zero-order valence-electron chi connectivity index (χ0n) is 10.5. The minimum atomic E-state index is -0.457. The first-order chi connectivity index (χ1) is 10.0. The van der Waals surface area contributed by atoms with Crippen LogP contribution in [0.3, 0.4) is 0 Å². The van der Waals surface area contributed by atoms with Gasteiger partial charge in [0.05, 0.1) is 10.0 Å². The molecule has 0 atom stereocenters. The standard InChI is InChI=1S/C14H8Cl2N2OS2/c15-11-5-9(12(16)21-11)10-6-20-14(18-10)8-3-1-2-7(4-8)13(17)19/h1-6H,(H2,17,19). The number of carbonyl (C=O) groups excluding carboxylic acids is 1. The van der Waals surface area contributed by atoms with Crippen LogP contribution in [0.15, 0.2) is 35.7 Å². The van der Waals surface area contributed by atoms with Crippen molar-refractivity contribution in [3.05, 3.63) is 49.9 Å². The second-order valence-corrected chi connectivity index (χ2v) is 7.36. The summed E-state index contributed by atoms with van der Waals surface area (Å²) in [5.41, 5.74) is 8.19. The zero-order chi connectivity index (χ0) is 15.0. The second-order valence-electron chi connectivity index (χ2n) is 4.22. The number of thiophene rings is 1. The van der Waals surface area contributed by atoms with E-state index in [0.717, 1.165) is 21.8 Å². The van der Waals surface area contributed by atoms with Crippen molar-refractivity contribution in [2.45, 2.75) is 0 Å². The Balaban J connectivity index is 2.00. The zero-order valence-corrected chi connectivity index (χ0v) is 13.6. The Morgan fingerprint density at radius 2 is 2.05 bits per heavy atom. The number of primary amides is 1. The van der Waals surface area contributed by atoms with Crippen molar-refractivity contribution in [2.24, 2.45) is 5.73 Å². The lowest BCUT2D eigenvalue weighted by Gasteiger charge is -1.99. The van der Waals surface area contributed by atoms with Gasteiger partial charge in [0, 0.05) is 22.1 Å². The second kappa shape index (κ2) is 5.77. The molecule has 2 heterocycles. The predicted molar refractivity (Wildman–Crippen MR) is 89.4 cm³/mol. The van der Waals surface area contributed by atoms with Gasteiger partial charge in [-0.2, -0.15) is 0 Å². The highest BCUT2D eigenvalue weighted by atomic mass is 35.5. The van der Waals surface area contributed by atoms with Crippen molar-refractivity contribution in [3.63, 3.8) is 0 Å². The lowest BCUT2D eigenvalue weighted by Crippen LogP contribution is -2.10. The molecule has 21 heavy (non-hydrogen) atoms. The maximum Gasteiger partial charge on any atom is 0.248 e. The summed E-state index contributed by atoms with van der Waals surface area (Å²) in [5, 5.41) is 2.71. The van der Waals surface area contributed by atoms with Crippen LogP contribution in [-0.2, 0) is 0 Å². The molecule has 0 aliphatic rings. The maximum atomic E-state index is 11.2. The number of hydrogen-bond donors (Lipinski definition) is 1. The highest BCUT2D eigenvalue weighted by molar-refractivity contribution is 7.20. The van der Waals surface area contributed by atoms with E-state index in [9.17, 15) is 4.79 Å². The molecule has 106 valence electrons. The molecule has 0 aliphatic carbocycles. The van der Waals surface area contributed by atoms with Crippen molar-refractivity contribution >= 4 is 51.8 Å². The molecular weight excluding hydrogens is 347 g/mol. The SMILES string of the molecule is NC(=O)c1cccc(-c2nc(-c3cc(Cl)sc3Cl)cs2)c1. The van der Waals surface area contributed by atoms with Crippen LogP contribution < -0.4 is 5.73 Å². The fourth-order valence-corrected chi connectivity index (χ4v) is 4.15. The highest BCUT2D eigenvalue weighted by Crippen LogP contribution is 2.39. The summed E-state index contributed by atoms with van der Waals surface area (Å²) in [6.45, 7) is 0. The summed E-state index contributed by atoms with van der Waals surface area (Å²) in [5.74, 6) is -0.457. The average molecular weight is 355 g/mol. The van der Waals surface area contributed by atoms with Gasteiger partial charge < -0.3 is 5.73 Å². The third kappa shape index (κ3) is 2.96. The first-order valence-electron chi connectivity index (χ1n) is 5.85. The largest absolute Gasteiger partial charge is 0.366 e. The van der Waals surface area contributed by atoms with Gasteiger partial charge in [-0.05, 0) is 18.2 Å². The van der Waals surface area contributed by atoms with Crippen LogP contribution in [0, 0.1) is 0 Å². The number of amides is 1. The molecule has 1 amide bonds. The normalized spacial score (nSPS) is 10.8. The van der Waals surface area contributed by atoms with Crippen molar-refractivity contribution in [3.8, 4) is 21.8 Å². The summed E-state index contributed by atoms with van der Waals surface area (Å²) >= 11 is 14.9. The van der Waals surface area contributed by atoms with Crippen LogP contribution in [0.25, 0.3) is 21.8 Å². The Labute approximate surface area is 139 Å². The third-order valence-electron chi connectivity index (χ3n) is 2.83. The number of carbonyl (C=O) groups is 1. The van der Waals surface area contributed by atoms with E-state index >= 15 is 0 Å². The number of aromatic nitrogens is 1. The van der Waals surface area contributed by atoms with Crippen molar-refractivity contribution in [1.82, 2.24) is 4.98 Å². The molecule has 7 heteroatoms. The molecule has 0 aliphatic heterocycles. The molecule has 0 radical (unpaired) electrons. The van der Waals surface area contributed by atoms with Crippen LogP contribution >= 0.6 is 45.9 Å². The monoisotopic (exact) mass is 354 g/mol. The van der Waals surface area contributed by atoms with Gasteiger partial charge in [-0.15, -0.1) is 22.7 Å². The summed E-state index contributed by atoms with van der Waals surface area (Å²) in [6, 6.07) is 8.87. The smallest absolute Gasteiger partial charge is 0.248 e. The van der Waals surface area contributed by atoms with E-state index < -0.39 is 5.91 Å². The first-order valence-corrected chi connectivity index (χ1v) is 8.31. The number of nitrogens with two attached hydrogens (primary N) is 1. The van der Waals surface area contributed by atoms with Gasteiger partial charge in [-0.25, -0.2) is 4.98 Å². The molecule has 0 fully saturated rings. The van der Waals surface area contributed by atoms with Gasteiger partial charge >= 0.3 is 0 Å². The van der Waals surface area contributed by atoms with Crippen molar-refractivity contribution < 1.29 is 4.79 Å². The van der Waals surface area contributed by atoms with E-state index in [4.69, 9.17) is 28.9 Å². The predicted octanol–water partition coefficient (Wildman–Crippen LogP) is 4.94. The molecule has 2 N–H and O–H groups in total. The van der Waals surface area contributed by atoms with Crippen LogP contribution in [0.4, 0.5) is 0 Å². The van der Waals surface area contributed by atoms with Gasteiger partial charge in [-0.3, -0.25) is 4.79 Å². The van der Waals surface area contributed by atoms with E-state index in [1.807, 2.05) is 11.4 Å². The quantitative estimate of drug-likeness (QED) is 0.723. The molecule has 0 spiro atoms. The lowest BCUT2D eigenvalue weighted by atomic mass is 10.1. The fraction of sp³-hybridized carbons (Fsp3) is 0. The van der Waals surface area contributed by atoms with Gasteiger partial charge in [0.25, 0.3) is 0 Å². The van der Waals surface area contributed by atoms with Crippen molar-refractivity contribution in [2.75, 3.05) is 0 Å². The Hall–Kier alpha value is -1.40. The molecule has 0 unspecified atom stereocenters. The van der Waals surface area contributed by atoms with E-state index in [0.29, 0.717) is 14.2 Å². The molecule has 3 rings (SSSR count). The molecule has 0 saturated carbocycles. The van der Waals surface area contributed by atoms with Gasteiger partial charge in [0.15, 0.2) is 0 Å². The molecule has 1 aromatic carbocycles. The van der Waals surface area contributed by atoms with Crippen LogP contribution in [0.1, 0.15) is 10.4 Å². The summed E-state index contributed by atoms with van der Waals surface area (Å²) in [6.07, 6.45) is 0. The average Bonchev–Trinajstić information content (AvgIpc) is 3.05. The number of hydrogen-bond acceptors (Lipinski definition) is 4. The lowest BCUT2D eigenvalue weighted by molar-refractivity contribution is 0.100. The minimum Gasteiger partial charge on any atom is -0.366 e. The van der Waals surface area contributed by atoms with Crippen LogP contribution in [0.5, 0.6) is 0 Å². The van der Waals surface area contributed by atoms with Gasteiger partial charge in [0.1, 0.15) is 9.34 Å². The number of benzene rings is 1.